The Labute approximate surface area is 157 Å². The zero-order valence-corrected chi connectivity index (χ0v) is 16.1. The molecule has 0 saturated carbocycles. The first kappa shape index (κ1) is 20.5. The maximum absolute atomic E-state index is 12.7. The second-order valence-electron chi connectivity index (χ2n) is 7.17. The summed E-state index contributed by atoms with van der Waals surface area (Å²) in [4.78, 5) is 25.0. The minimum absolute atomic E-state index is 0.0701. The number of fused-ring (bicyclic) bond motifs is 2. The van der Waals surface area contributed by atoms with E-state index < -0.39 is 0 Å². The van der Waals surface area contributed by atoms with Crippen molar-refractivity contribution in [2.75, 3.05) is 13.7 Å². The number of methoxy groups -OCH3 is 1. The summed E-state index contributed by atoms with van der Waals surface area (Å²) >= 11 is 0. The largest absolute Gasteiger partial charge is 0.492 e. The van der Waals surface area contributed by atoms with Gasteiger partial charge in [0.1, 0.15) is 0 Å². The Morgan fingerprint density at radius 3 is 2.15 bits per heavy atom. The zero-order chi connectivity index (χ0) is 18.6. The lowest BCUT2D eigenvalue weighted by molar-refractivity contribution is -0.118. The van der Waals surface area contributed by atoms with Gasteiger partial charge in [0.25, 0.3) is 0 Å². The van der Waals surface area contributed by atoms with Crippen molar-refractivity contribution in [2.45, 2.75) is 77.0 Å². The molecule has 0 spiro atoms. The quantitative estimate of drug-likeness (QED) is 0.541. The van der Waals surface area contributed by atoms with Gasteiger partial charge in [-0.15, -0.1) is 0 Å². The van der Waals surface area contributed by atoms with Gasteiger partial charge in [0.2, 0.25) is 11.6 Å². The molecule has 1 aliphatic heterocycles. The SMILES string of the molecule is COC1=C2CCCCCCCCCC=CCCCCNC(=CC1=O)C2=O. The molecule has 0 aromatic carbocycles. The number of Topliss-reactive ketones (excluding diaryl/α,β-unsaturated/α-hetero) is 1. The van der Waals surface area contributed by atoms with E-state index in [-0.39, 0.29) is 17.3 Å². The fourth-order valence-corrected chi connectivity index (χ4v) is 3.55. The number of allylic oxidation sites excluding steroid dienone is 4. The highest BCUT2D eigenvalue weighted by molar-refractivity contribution is 6.21. The Bertz CT molecular complexity index is 572. The first-order valence-electron chi connectivity index (χ1n) is 10.2. The third kappa shape index (κ3) is 6.47. The van der Waals surface area contributed by atoms with E-state index in [0.717, 1.165) is 32.1 Å². The molecule has 2 rings (SSSR count). The predicted octanol–water partition coefficient (Wildman–Crippen LogP) is 4.76. The van der Waals surface area contributed by atoms with E-state index in [4.69, 9.17) is 4.74 Å². The van der Waals surface area contributed by atoms with Gasteiger partial charge in [-0.1, -0.05) is 44.3 Å². The molecule has 144 valence electrons. The second-order valence-corrected chi connectivity index (χ2v) is 7.17. The van der Waals surface area contributed by atoms with Crippen LogP contribution in [-0.2, 0) is 14.3 Å². The van der Waals surface area contributed by atoms with Crippen molar-refractivity contribution < 1.29 is 14.3 Å². The molecule has 0 saturated heterocycles. The second kappa shape index (κ2) is 11.7. The normalized spacial score (nSPS) is 22.0. The molecule has 2 bridgehead atoms. The topological polar surface area (TPSA) is 55.4 Å². The molecule has 0 unspecified atom stereocenters. The van der Waals surface area contributed by atoms with Gasteiger partial charge in [-0.25, -0.2) is 0 Å². The maximum atomic E-state index is 12.7. The molecule has 4 nitrogen and oxygen atoms in total. The molecule has 2 aliphatic rings. The van der Waals surface area contributed by atoms with Crippen LogP contribution in [0.1, 0.15) is 77.0 Å². The lowest BCUT2D eigenvalue weighted by Crippen LogP contribution is -2.29. The van der Waals surface area contributed by atoms with Crippen LogP contribution >= 0.6 is 0 Å². The van der Waals surface area contributed by atoms with Gasteiger partial charge in [0, 0.05) is 18.2 Å². The van der Waals surface area contributed by atoms with Gasteiger partial charge in [-0.2, -0.15) is 0 Å². The summed E-state index contributed by atoms with van der Waals surface area (Å²) < 4.78 is 5.24. The number of nitrogens with one attached hydrogen (secondary N) is 1. The Morgan fingerprint density at radius 1 is 0.846 bits per heavy atom. The number of ether oxygens (including phenoxy) is 1. The van der Waals surface area contributed by atoms with Gasteiger partial charge < -0.3 is 10.1 Å². The van der Waals surface area contributed by atoms with E-state index >= 15 is 0 Å². The van der Waals surface area contributed by atoms with Crippen molar-refractivity contribution in [3.63, 3.8) is 0 Å². The average molecular weight is 360 g/mol. The molecular weight excluding hydrogens is 326 g/mol. The van der Waals surface area contributed by atoms with E-state index in [1.807, 2.05) is 0 Å². The number of carbonyl (C=O) groups excluding carboxylic acids is 2. The van der Waals surface area contributed by atoms with Crippen LogP contribution in [0.2, 0.25) is 0 Å². The molecule has 4 heteroatoms. The smallest absolute Gasteiger partial charge is 0.222 e. The molecule has 1 N–H and O–H groups in total. The zero-order valence-electron chi connectivity index (χ0n) is 16.1. The summed E-state index contributed by atoms with van der Waals surface area (Å²) in [5.41, 5.74) is 0.975. The lowest BCUT2D eigenvalue weighted by Gasteiger charge is -2.19. The van der Waals surface area contributed by atoms with E-state index in [1.165, 1.54) is 51.7 Å². The minimum Gasteiger partial charge on any atom is -0.492 e. The summed E-state index contributed by atoms with van der Waals surface area (Å²) in [6, 6.07) is 0. The molecule has 0 amide bonds. The summed E-state index contributed by atoms with van der Waals surface area (Å²) in [5, 5.41) is 3.17. The van der Waals surface area contributed by atoms with Gasteiger partial charge in [-0.3, -0.25) is 9.59 Å². The van der Waals surface area contributed by atoms with E-state index in [2.05, 4.69) is 17.5 Å². The molecule has 0 aromatic heterocycles. The van der Waals surface area contributed by atoms with Crippen LogP contribution in [0.4, 0.5) is 0 Å². The third-order valence-electron chi connectivity index (χ3n) is 5.07. The van der Waals surface area contributed by atoms with Gasteiger partial charge in [0.05, 0.1) is 12.8 Å². The van der Waals surface area contributed by atoms with Crippen LogP contribution in [0.3, 0.4) is 0 Å². The first-order chi connectivity index (χ1) is 12.7. The van der Waals surface area contributed by atoms with E-state index in [9.17, 15) is 9.59 Å². The average Bonchev–Trinajstić information content (AvgIpc) is 2.63. The molecule has 0 aromatic rings. The Balaban J connectivity index is 1.99. The predicted molar refractivity (Wildman–Crippen MR) is 105 cm³/mol. The molecule has 0 fully saturated rings. The number of rotatable bonds is 1. The third-order valence-corrected chi connectivity index (χ3v) is 5.07. The number of hydrogen-bond donors (Lipinski definition) is 1. The van der Waals surface area contributed by atoms with Gasteiger partial charge >= 0.3 is 0 Å². The van der Waals surface area contributed by atoms with Crippen LogP contribution in [0.15, 0.2) is 35.3 Å². The monoisotopic (exact) mass is 359 g/mol. The highest BCUT2D eigenvalue weighted by Gasteiger charge is 2.28. The highest BCUT2D eigenvalue weighted by Crippen LogP contribution is 2.24. The number of ketones is 2. The first-order valence-corrected chi connectivity index (χ1v) is 10.2. The van der Waals surface area contributed by atoms with Crippen LogP contribution < -0.4 is 5.32 Å². The van der Waals surface area contributed by atoms with Crippen molar-refractivity contribution in [1.29, 1.82) is 0 Å². The summed E-state index contributed by atoms with van der Waals surface area (Å²) in [6.45, 7) is 0.717. The van der Waals surface area contributed by atoms with Crippen molar-refractivity contribution in [1.82, 2.24) is 5.32 Å². The molecule has 1 aliphatic carbocycles. The molecule has 26 heavy (non-hydrogen) atoms. The summed E-state index contributed by atoms with van der Waals surface area (Å²) in [7, 11) is 1.47. The van der Waals surface area contributed by atoms with Gasteiger partial charge in [-0.05, 0) is 44.9 Å². The molecule has 1 heterocycles. The minimum atomic E-state index is -0.196. The van der Waals surface area contributed by atoms with Crippen LogP contribution in [0, 0.1) is 0 Å². The Morgan fingerprint density at radius 2 is 1.46 bits per heavy atom. The van der Waals surface area contributed by atoms with Crippen LogP contribution in [0.5, 0.6) is 0 Å². The van der Waals surface area contributed by atoms with Crippen molar-refractivity contribution in [3.05, 3.63) is 35.3 Å². The number of carbonyl (C=O) groups is 2. The lowest BCUT2D eigenvalue weighted by atomic mass is 9.93. The van der Waals surface area contributed by atoms with E-state index in [0.29, 0.717) is 24.2 Å². The van der Waals surface area contributed by atoms with Crippen LogP contribution in [-0.4, -0.2) is 25.2 Å². The Kier molecular flexibility index (Phi) is 9.22. The molecule has 0 radical (unpaired) electrons. The van der Waals surface area contributed by atoms with Gasteiger partial charge in [0.15, 0.2) is 5.76 Å². The van der Waals surface area contributed by atoms with Crippen molar-refractivity contribution >= 4 is 11.6 Å². The Hall–Kier alpha value is -1.84. The fraction of sp³-hybridized carbons (Fsp3) is 0.636. The van der Waals surface area contributed by atoms with Crippen molar-refractivity contribution in [3.8, 4) is 0 Å². The molecule has 0 atom stereocenters. The summed E-state index contributed by atoms with van der Waals surface area (Å²) in [6.07, 6.45) is 19.3. The molecular formula is C22H33NO3. The van der Waals surface area contributed by atoms with Crippen molar-refractivity contribution in [2.24, 2.45) is 0 Å². The van der Waals surface area contributed by atoms with E-state index in [1.54, 1.807) is 0 Å². The number of hydrogen-bond acceptors (Lipinski definition) is 4. The highest BCUT2D eigenvalue weighted by atomic mass is 16.5. The fourth-order valence-electron chi connectivity index (χ4n) is 3.55. The maximum Gasteiger partial charge on any atom is 0.222 e. The standard InChI is InChI=1S/C22H33NO3/c1-26-22-18-15-13-11-9-7-5-3-2-4-6-8-10-12-14-16-23-19(21(18)25)17-20(22)24/h6,8,17,23H,2-5,7,9-16H2,1H3. The van der Waals surface area contributed by atoms with Crippen LogP contribution in [0.25, 0.3) is 0 Å². The summed E-state index contributed by atoms with van der Waals surface area (Å²) in [5.74, 6) is -0.0331.